The number of hydrogen-bond acceptors (Lipinski definition) is 6. The van der Waals surface area contributed by atoms with E-state index in [0.29, 0.717) is 6.42 Å². The smallest absolute Gasteiger partial charge is 0.335 e. The lowest BCUT2D eigenvalue weighted by atomic mass is 10.0. The fourth-order valence-electron chi connectivity index (χ4n) is 2.31. The zero-order valence-corrected chi connectivity index (χ0v) is 12.4. The highest BCUT2D eigenvalue weighted by molar-refractivity contribution is 5.72. The van der Waals surface area contributed by atoms with Crippen LogP contribution in [0.1, 0.15) is 45.4 Å². The third-order valence-corrected chi connectivity index (χ3v) is 3.60. The summed E-state index contributed by atoms with van der Waals surface area (Å²) in [5, 5.41) is 37.5. The molecule has 0 saturated carbocycles. The number of ether oxygens (including phenoxy) is 2. The number of carbonyl (C=O) groups is 1. The third kappa shape index (κ3) is 5.88. The minimum atomic E-state index is -1.99. The Morgan fingerprint density at radius 3 is 2.52 bits per heavy atom. The average Bonchev–Trinajstić information content (AvgIpc) is 2.47. The van der Waals surface area contributed by atoms with Gasteiger partial charge in [-0.2, -0.15) is 0 Å². The summed E-state index contributed by atoms with van der Waals surface area (Å²) in [6, 6.07) is 0. The maximum absolute atomic E-state index is 10.7. The van der Waals surface area contributed by atoms with Crippen LogP contribution < -0.4 is 0 Å². The van der Waals surface area contributed by atoms with Crippen LogP contribution in [0.5, 0.6) is 0 Å². The van der Waals surface area contributed by atoms with Gasteiger partial charge in [-0.15, -0.1) is 0 Å². The van der Waals surface area contributed by atoms with Crippen molar-refractivity contribution in [1.82, 2.24) is 0 Å². The van der Waals surface area contributed by atoms with E-state index in [9.17, 15) is 20.1 Å². The van der Waals surface area contributed by atoms with Crippen molar-refractivity contribution in [2.24, 2.45) is 0 Å². The Kier molecular flexibility index (Phi) is 8.13. The molecule has 5 atom stereocenters. The van der Waals surface area contributed by atoms with Crippen LogP contribution in [0, 0.1) is 0 Å². The van der Waals surface area contributed by atoms with Crippen LogP contribution in [0.25, 0.3) is 0 Å². The van der Waals surface area contributed by atoms with Crippen molar-refractivity contribution in [2.45, 2.75) is 76.2 Å². The van der Waals surface area contributed by atoms with E-state index in [4.69, 9.17) is 14.6 Å². The molecule has 1 aliphatic heterocycles. The van der Waals surface area contributed by atoms with Gasteiger partial charge in [-0.3, -0.25) is 0 Å². The molecule has 1 rings (SSSR count). The van der Waals surface area contributed by atoms with Gasteiger partial charge in [0.15, 0.2) is 12.4 Å². The molecule has 1 unspecified atom stereocenters. The summed E-state index contributed by atoms with van der Waals surface area (Å²) in [7, 11) is 0. The standard InChI is InChI=1S/C14H26O7/c1-2-3-4-5-6-7-10-20-8-9(15)13(21-10)11(16)12(17)14(18)19/h9-13,15-17H,2-8H2,1H3,(H,18,19)/t9-,10?,11-,12-,13-/m1/s1. The van der Waals surface area contributed by atoms with E-state index in [1.807, 2.05) is 0 Å². The van der Waals surface area contributed by atoms with Gasteiger partial charge in [-0.05, 0) is 12.8 Å². The molecular formula is C14H26O7. The normalized spacial score (nSPS) is 29.0. The van der Waals surface area contributed by atoms with E-state index in [0.717, 1.165) is 25.7 Å². The van der Waals surface area contributed by atoms with Gasteiger partial charge in [0.25, 0.3) is 0 Å². The van der Waals surface area contributed by atoms with E-state index in [1.165, 1.54) is 6.42 Å². The lowest BCUT2D eigenvalue weighted by Gasteiger charge is -2.37. The van der Waals surface area contributed by atoms with Crippen LogP contribution in [0.3, 0.4) is 0 Å². The first-order chi connectivity index (χ1) is 9.97. The summed E-state index contributed by atoms with van der Waals surface area (Å²) in [5.74, 6) is -1.55. The molecule has 7 nitrogen and oxygen atoms in total. The summed E-state index contributed by atoms with van der Waals surface area (Å²) < 4.78 is 10.7. The summed E-state index contributed by atoms with van der Waals surface area (Å²) in [6.07, 6.45) is -0.571. The molecule has 0 amide bonds. The van der Waals surface area contributed by atoms with Crippen LogP contribution >= 0.6 is 0 Å². The highest BCUT2D eigenvalue weighted by atomic mass is 16.7. The first-order valence-electron chi connectivity index (χ1n) is 7.51. The maximum atomic E-state index is 10.7. The molecule has 7 heteroatoms. The van der Waals surface area contributed by atoms with Crippen molar-refractivity contribution in [2.75, 3.05) is 6.61 Å². The number of aliphatic hydroxyl groups is 3. The van der Waals surface area contributed by atoms with E-state index in [-0.39, 0.29) is 6.61 Å². The summed E-state index contributed by atoms with van der Waals surface area (Å²) in [6.45, 7) is 2.09. The highest BCUT2D eigenvalue weighted by Crippen LogP contribution is 2.22. The van der Waals surface area contributed by atoms with Gasteiger partial charge in [-0.25, -0.2) is 4.79 Å². The zero-order chi connectivity index (χ0) is 15.8. The second-order valence-electron chi connectivity index (χ2n) is 5.41. The van der Waals surface area contributed by atoms with E-state index in [2.05, 4.69) is 6.92 Å². The van der Waals surface area contributed by atoms with Crippen LogP contribution in [0.4, 0.5) is 0 Å². The lowest BCUT2D eigenvalue weighted by Crippen LogP contribution is -2.54. The van der Waals surface area contributed by atoms with Gasteiger partial charge in [0.05, 0.1) is 6.61 Å². The van der Waals surface area contributed by atoms with Crippen molar-refractivity contribution in [3.63, 3.8) is 0 Å². The number of rotatable bonds is 9. The molecule has 0 bridgehead atoms. The minimum absolute atomic E-state index is 0.0479. The molecular weight excluding hydrogens is 280 g/mol. The van der Waals surface area contributed by atoms with Gasteiger partial charge < -0.3 is 29.9 Å². The number of hydrogen-bond donors (Lipinski definition) is 4. The second kappa shape index (κ2) is 9.32. The highest BCUT2D eigenvalue weighted by Gasteiger charge is 2.40. The van der Waals surface area contributed by atoms with Crippen molar-refractivity contribution in [1.29, 1.82) is 0 Å². The van der Waals surface area contributed by atoms with E-state index in [1.54, 1.807) is 0 Å². The predicted octanol–water partition coefficient (Wildman–Crippen LogP) is 0.256. The number of aliphatic carboxylic acids is 1. The van der Waals surface area contributed by atoms with Gasteiger partial charge >= 0.3 is 5.97 Å². The maximum Gasteiger partial charge on any atom is 0.335 e. The first kappa shape index (κ1) is 18.3. The number of carboxylic acid groups (broad SMARTS) is 1. The van der Waals surface area contributed by atoms with Gasteiger partial charge in [0.1, 0.15) is 18.3 Å². The SMILES string of the molecule is CCCCCCCC1OC[C@@H](O)[C@H]([C@H](O)[C@@H](O)C(=O)O)O1. The quantitative estimate of drug-likeness (QED) is 0.451. The molecule has 1 heterocycles. The Morgan fingerprint density at radius 2 is 1.90 bits per heavy atom. The Hall–Kier alpha value is -0.730. The van der Waals surface area contributed by atoms with Crippen LogP contribution in [0.2, 0.25) is 0 Å². The molecule has 0 aliphatic carbocycles. The van der Waals surface area contributed by atoms with Gasteiger partial charge in [0.2, 0.25) is 0 Å². The van der Waals surface area contributed by atoms with E-state index < -0.39 is 36.7 Å². The second-order valence-corrected chi connectivity index (χ2v) is 5.41. The van der Waals surface area contributed by atoms with Gasteiger partial charge in [0, 0.05) is 0 Å². The van der Waals surface area contributed by atoms with Crippen molar-refractivity contribution < 1.29 is 34.7 Å². The molecule has 1 fully saturated rings. The Bertz CT molecular complexity index is 310. The summed E-state index contributed by atoms with van der Waals surface area (Å²) >= 11 is 0. The Labute approximate surface area is 124 Å². The molecule has 0 spiro atoms. The van der Waals surface area contributed by atoms with Gasteiger partial charge in [-0.1, -0.05) is 32.6 Å². The van der Waals surface area contributed by atoms with Crippen LogP contribution in [-0.4, -0.2) is 63.7 Å². The average molecular weight is 306 g/mol. The molecule has 124 valence electrons. The predicted molar refractivity (Wildman–Crippen MR) is 73.6 cm³/mol. The molecule has 1 aliphatic rings. The molecule has 21 heavy (non-hydrogen) atoms. The van der Waals surface area contributed by atoms with Crippen molar-refractivity contribution in [3.8, 4) is 0 Å². The molecule has 4 N–H and O–H groups in total. The zero-order valence-electron chi connectivity index (χ0n) is 12.4. The molecule has 1 saturated heterocycles. The minimum Gasteiger partial charge on any atom is -0.479 e. The molecule has 0 aromatic heterocycles. The molecule has 0 radical (unpaired) electrons. The fraction of sp³-hybridized carbons (Fsp3) is 0.929. The Morgan fingerprint density at radius 1 is 1.24 bits per heavy atom. The Balaban J connectivity index is 2.40. The lowest BCUT2D eigenvalue weighted by molar-refractivity contribution is -0.280. The largest absolute Gasteiger partial charge is 0.479 e. The van der Waals surface area contributed by atoms with E-state index >= 15 is 0 Å². The monoisotopic (exact) mass is 306 g/mol. The molecule has 0 aromatic rings. The molecule has 0 aromatic carbocycles. The van der Waals surface area contributed by atoms with Crippen LogP contribution in [0.15, 0.2) is 0 Å². The number of carboxylic acids is 1. The number of unbranched alkanes of at least 4 members (excludes halogenated alkanes) is 4. The number of aliphatic hydroxyl groups excluding tert-OH is 3. The third-order valence-electron chi connectivity index (χ3n) is 3.60. The summed E-state index contributed by atoms with van der Waals surface area (Å²) in [4.78, 5) is 10.7. The summed E-state index contributed by atoms with van der Waals surface area (Å²) in [5.41, 5.74) is 0. The first-order valence-corrected chi connectivity index (χ1v) is 7.51. The topological polar surface area (TPSA) is 116 Å². The van der Waals surface area contributed by atoms with Crippen LogP contribution in [-0.2, 0) is 14.3 Å². The van der Waals surface area contributed by atoms with Crippen molar-refractivity contribution >= 4 is 5.97 Å². The van der Waals surface area contributed by atoms with Crippen molar-refractivity contribution in [3.05, 3.63) is 0 Å². The fourth-order valence-corrected chi connectivity index (χ4v) is 2.31.